The summed E-state index contributed by atoms with van der Waals surface area (Å²) in [6.45, 7) is 0.761. The molecule has 4 nitrogen and oxygen atoms in total. The molecule has 0 bridgehead atoms. The van der Waals surface area contributed by atoms with Crippen LogP contribution in [0.5, 0.6) is 0 Å². The van der Waals surface area contributed by atoms with E-state index in [1.165, 1.54) is 0 Å². The van der Waals surface area contributed by atoms with Crippen LogP contribution in [0.4, 0.5) is 0 Å². The van der Waals surface area contributed by atoms with Gasteiger partial charge in [0.25, 0.3) is 5.91 Å². The van der Waals surface area contributed by atoms with E-state index in [4.69, 9.17) is 5.73 Å². The van der Waals surface area contributed by atoms with E-state index in [0.717, 1.165) is 37.9 Å². The fraction of sp³-hybridized carbons (Fsp3) is 0.400. The summed E-state index contributed by atoms with van der Waals surface area (Å²) in [4.78, 5) is 17.1. The second-order valence-corrected chi connectivity index (χ2v) is 6.59. The highest BCUT2D eigenvalue weighted by molar-refractivity contribution is 5.94. The summed E-state index contributed by atoms with van der Waals surface area (Å²) in [6, 6.07) is 15.2. The van der Waals surface area contributed by atoms with Gasteiger partial charge in [-0.2, -0.15) is 0 Å². The molecule has 1 atom stereocenters. The number of hydrogen-bond donors (Lipinski definition) is 2. The predicted molar refractivity (Wildman–Crippen MR) is 95.4 cm³/mol. The minimum atomic E-state index is -0.0439. The number of benzene rings is 1. The zero-order valence-corrected chi connectivity index (χ0v) is 13.9. The van der Waals surface area contributed by atoms with Crippen molar-refractivity contribution >= 4 is 5.91 Å². The number of hydrogen-bond acceptors (Lipinski definition) is 3. The number of nitrogens with two attached hydrogens (primary N) is 1. The first-order chi connectivity index (χ1) is 11.8. The van der Waals surface area contributed by atoms with Gasteiger partial charge in [-0.1, -0.05) is 24.3 Å². The zero-order valence-electron chi connectivity index (χ0n) is 13.9. The van der Waals surface area contributed by atoms with Crippen LogP contribution in [0, 0.1) is 11.8 Å². The van der Waals surface area contributed by atoms with Crippen molar-refractivity contribution in [1.82, 2.24) is 10.3 Å². The van der Waals surface area contributed by atoms with Crippen molar-refractivity contribution in [2.45, 2.75) is 31.7 Å². The number of nitrogens with zero attached hydrogens (tertiary/aromatic N) is 1. The Bertz CT molecular complexity index is 636. The van der Waals surface area contributed by atoms with Gasteiger partial charge in [-0.25, -0.2) is 0 Å². The molecule has 1 aromatic carbocycles. The van der Waals surface area contributed by atoms with Gasteiger partial charge in [-0.05, 0) is 68.3 Å². The number of carbonyl (C=O) groups excluding carboxylic acids is 1. The molecule has 126 valence electrons. The average molecular weight is 323 g/mol. The summed E-state index contributed by atoms with van der Waals surface area (Å²) in [5.74, 6) is 0.998. The molecule has 2 aromatic rings. The minimum absolute atomic E-state index is 0.0350. The fourth-order valence-electron chi connectivity index (χ4n) is 3.56. The van der Waals surface area contributed by atoms with Crippen molar-refractivity contribution in [2.75, 3.05) is 6.54 Å². The molecule has 1 saturated carbocycles. The molecule has 1 fully saturated rings. The van der Waals surface area contributed by atoms with Crippen LogP contribution in [0.15, 0.2) is 54.7 Å². The van der Waals surface area contributed by atoms with E-state index in [-0.39, 0.29) is 11.9 Å². The third-order valence-corrected chi connectivity index (χ3v) is 5.03. The Labute approximate surface area is 143 Å². The summed E-state index contributed by atoms with van der Waals surface area (Å²) in [5, 5.41) is 3.22. The van der Waals surface area contributed by atoms with Crippen LogP contribution in [0.25, 0.3) is 0 Å². The first kappa shape index (κ1) is 16.7. The maximum Gasteiger partial charge on any atom is 0.251 e. The third-order valence-electron chi connectivity index (χ3n) is 5.03. The first-order valence-corrected chi connectivity index (χ1v) is 8.75. The highest BCUT2D eigenvalue weighted by Crippen LogP contribution is 2.36. The van der Waals surface area contributed by atoms with Crippen molar-refractivity contribution in [1.29, 1.82) is 0 Å². The number of pyridine rings is 1. The summed E-state index contributed by atoms with van der Waals surface area (Å²) < 4.78 is 0. The van der Waals surface area contributed by atoms with Crippen LogP contribution in [0.3, 0.4) is 0 Å². The molecule has 3 N–H and O–H groups in total. The Hall–Kier alpha value is -2.20. The van der Waals surface area contributed by atoms with Crippen molar-refractivity contribution < 1.29 is 4.79 Å². The summed E-state index contributed by atoms with van der Waals surface area (Å²) in [7, 11) is 0. The SMILES string of the molecule is NCC1CCC([C@@H](NC(=O)c2ccccc2)c2ccccn2)CC1. The fourth-order valence-corrected chi connectivity index (χ4v) is 3.56. The van der Waals surface area contributed by atoms with E-state index in [9.17, 15) is 4.79 Å². The molecule has 1 aliphatic rings. The topological polar surface area (TPSA) is 68.0 Å². The molecule has 0 radical (unpaired) electrons. The van der Waals surface area contributed by atoms with Crippen LogP contribution in [-0.4, -0.2) is 17.4 Å². The lowest BCUT2D eigenvalue weighted by Gasteiger charge is -2.33. The number of amides is 1. The Morgan fingerprint density at radius 2 is 1.79 bits per heavy atom. The Morgan fingerprint density at radius 1 is 1.08 bits per heavy atom. The first-order valence-electron chi connectivity index (χ1n) is 8.75. The van der Waals surface area contributed by atoms with Crippen molar-refractivity contribution in [3.8, 4) is 0 Å². The van der Waals surface area contributed by atoms with E-state index in [1.54, 1.807) is 6.20 Å². The monoisotopic (exact) mass is 323 g/mol. The normalized spacial score (nSPS) is 21.9. The van der Waals surface area contributed by atoms with Gasteiger partial charge in [0.05, 0.1) is 11.7 Å². The van der Waals surface area contributed by atoms with Crippen LogP contribution >= 0.6 is 0 Å². The van der Waals surface area contributed by atoms with Gasteiger partial charge in [-0.3, -0.25) is 9.78 Å². The minimum Gasteiger partial charge on any atom is -0.343 e. The number of carbonyl (C=O) groups is 1. The highest BCUT2D eigenvalue weighted by Gasteiger charge is 2.30. The molecule has 0 saturated heterocycles. The van der Waals surface area contributed by atoms with Crippen molar-refractivity contribution in [2.24, 2.45) is 17.6 Å². The van der Waals surface area contributed by atoms with E-state index in [1.807, 2.05) is 48.5 Å². The van der Waals surface area contributed by atoms with Gasteiger partial charge in [0.1, 0.15) is 0 Å². The molecule has 0 unspecified atom stereocenters. The highest BCUT2D eigenvalue weighted by atomic mass is 16.1. The average Bonchev–Trinajstić information content (AvgIpc) is 2.67. The van der Waals surface area contributed by atoms with Gasteiger partial charge in [-0.15, -0.1) is 0 Å². The van der Waals surface area contributed by atoms with Gasteiger partial charge in [0.2, 0.25) is 0 Å². The van der Waals surface area contributed by atoms with E-state index in [0.29, 0.717) is 17.4 Å². The molecule has 3 rings (SSSR count). The molecular formula is C20H25N3O. The van der Waals surface area contributed by atoms with Crippen LogP contribution in [-0.2, 0) is 0 Å². The molecule has 1 heterocycles. The number of aromatic nitrogens is 1. The molecule has 1 aliphatic carbocycles. The van der Waals surface area contributed by atoms with Gasteiger partial charge in [0.15, 0.2) is 0 Å². The maximum absolute atomic E-state index is 12.6. The maximum atomic E-state index is 12.6. The summed E-state index contributed by atoms with van der Waals surface area (Å²) >= 11 is 0. The lowest BCUT2D eigenvalue weighted by Crippen LogP contribution is -2.36. The molecular weight excluding hydrogens is 298 g/mol. The molecule has 4 heteroatoms. The van der Waals surface area contributed by atoms with E-state index >= 15 is 0 Å². The largest absolute Gasteiger partial charge is 0.343 e. The zero-order chi connectivity index (χ0) is 16.8. The van der Waals surface area contributed by atoms with Gasteiger partial charge < -0.3 is 11.1 Å². The quantitative estimate of drug-likeness (QED) is 0.887. The second kappa shape index (κ2) is 8.06. The third kappa shape index (κ3) is 4.01. The van der Waals surface area contributed by atoms with Crippen molar-refractivity contribution in [3.63, 3.8) is 0 Å². The Balaban J connectivity index is 1.77. The van der Waals surface area contributed by atoms with Gasteiger partial charge >= 0.3 is 0 Å². The lowest BCUT2D eigenvalue weighted by atomic mass is 9.77. The Kier molecular flexibility index (Phi) is 5.59. The molecule has 1 aromatic heterocycles. The molecule has 24 heavy (non-hydrogen) atoms. The van der Waals surface area contributed by atoms with E-state index in [2.05, 4.69) is 10.3 Å². The number of nitrogens with one attached hydrogen (secondary N) is 1. The van der Waals surface area contributed by atoms with Crippen LogP contribution in [0.2, 0.25) is 0 Å². The Morgan fingerprint density at radius 3 is 2.42 bits per heavy atom. The second-order valence-electron chi connectivity index (χ2n) is 6.59. The van der Waals surface area contributed by atoms with E-state index < -0.39 is 0 Å². The lowest BCUT2D eigenvalue weighted by molar-refractivity contribution is 0.0905. The smallest absolute Gasteiger partial charge is 0.251 e. The van der Waals surface area contributed by atoms with Crippen LogP contribution in [0.1, 0.15) is 47.8 Å². The molecule has 1 amide bonds. The molecule has 0 aliphatic heterocycles. The van der Waals surface area contributed by atoms with Crippen LogP contribution < -0.4 is 11.1 Å². The summed E-state index contributed by atoms with van der Waals surface area (Å²) in [6.07, 6.45) is 6.22. The van der Waals surface area contributed by atoms with Gasteiger partial charge in [0, 0.05) is 11.8 Å². The predicted octanol–water partition coefficient (Wildman–Crippen LogP) is 3.32. The summed E-state index contributed by atoms with van der Waals surface area (Å²) in [5.41, 5.74) is 7.44. The van der Waals surface area contributed by atoms with Crippen molar-refractivity contribution in [3.05, 3.63) is 66.0 Å². The number of rotatable bonds is 5. The molecule has 0 spiro atoms. The standard InChI is InChI=1S/C20H25N3O/c21-14-15-9-11-16(12-10-15)19(18-8-4-5-13-22-18)23-20(24)17-6-2-1-3-7-17/h1-8,13,15-16,19H,9-12,14,21H2,(H,23,24)/t15?,16?,19-/m1/s1.